The topological polar surface area (TPSA) is 35.5 Å². The van der Waals surface area contributed by atoms with Crippen molar-refractivity contribution in [2.45, 2.75) is 71.9 Å². The van der Waals surface area contributed by atoms with Gasteiger partial charge in [0.15, 0.2) is 0 Å². The second kappa shape index (κ2) is 9.75. The van der Waals surface area contributed by atoms with E-state index >= 15 is 0 Å². The molecule has 0 bridgehead atoms. The van der Waals surface area contributed by atoms with Crippen LogP contribution in [0.4, 0.5) is 0 Å². The predicted molar refractivity (Wildman–Crippen MR) is 87.0 cm³/mol. The molecule has 0 aromatic carbocycles. The van der Waals surface area contributed by atoms with Gasteiger partial charge in [0, 0.05) is 31.8 Å². The van der Waals surface area contributed by atoms with Gasteiger partial charge in [-0.25, -0.2) is 0 Å². The summed E-state index contributed by atoms with van der Waals surface area (Å²) < 4.78 is 0. The molecule has 120 valence electrons. The highest BCUT2D eigenvalue weighted by atomic mass is 16.3. The smallest absolute Gasteiger partial charge is 0.0443 e. The molecule has 0 spiro atoms. The molecular formula is C17H36N2O. The van der Waals surface area contributed by atoms with Crippen molar-refractivity contribution >= 4 is 0 Å². The molecule has 3 heteroatoms. The maximum absolute atomic E-state index is 9.08. The third-order valence-electron chi connectivity index (χ3n) is 4.94. The average Bonchev–Trinajstić information content (AvgIpc) is 2.44. The highest BCUT2D eigenvalue weighted by molar-refractivity contribution is 4.86. The average molecular weight is 284 g/mol. The molecule has 3 atom stereocenters. The molecule has 3 nitrogen and oxygen atoms in total. The van der Waals surface area contributed by atoms with Crippen LogP contribution in [-0.2, 0) is 0 Å². The molecule has 0 heterocycles. The maximum Gasteiger partial charge on any atom is 0.0443 e. The number of aliphatic hydroxyl groups excluding tert-OH is 1. The van der Waals surface area contributed by atoms with Gasteiger partial charge in [0.1, 0.15) is 0 Å². The summed E-state index contributed by atoms with van der Waals surface area (Å²) >= 11 is 0. The second-order valence-electron chi connectivity index (χ2n) is 6.68. The summed E-state index contributed by atoms with van der Waals surface area (Å²) in [7, 11) is 0. The summed E-state index contributed by atoms with van der Waals surface area (Å²) in [6, 6.07) is 1.27. The number of rotatable bonds is 9. The molecule has 1 saturated carbocycles. The van der Waals surface area contributed by atoms with E-state index in [2.05, 4.69) is 37.9 Å². The van der Waals surface area contributed by atoms with E-state index in [4.69, 9.17) is 5.11 Å². The van der Waals surface area contributed by atoms with Gasteiger partial charge in [0.2, 0.25) is 0 Å². The minimum absolute atomic E-state index is 0.308. The second-order valence-corrected chi connectivity index (χ2v) is 6.68. The van der Waals surface area contributed by atoms with Crippen LogP contribution in [0.3, 0.4) is 0 Å². The van der Waals surface area contributed by atoms with Crippen LogP contribution >= 0.6 is 0 Å². The molecule has 1 aliphatic rings. The minimum Gasteiger partial charge on any atom is -0.396 e. The Kier molecular flexibility index (Phi) is 8.74. The largest absolute Gasteiger partial charge is 0.396 e. The Balaban J connectivity index is 2.60. The zero-order valence-electron chi connectivity index (χ0n) is 14.1. The normalized spacial score (nSPS) is 27.4. The van der Waals surface area contributed by atoms with Gasteiger partial charge >= 0.3 is 0 Å². The van der Waals surface area contributed by atoms with Gasteiger partial charge in [0.25, 0.3) is 0 Å². The summed E-state index contributed by atoms with van der Waals surface area (Å²) in [4.78, 5) is 2.56. The standard InChI is InChI=1S/C17H36N2O/c1-5-15-8-9-17(18-6-2)16(12-15)13-19(14(3)4)10-7-11-20/h14-18,20H,5-13H2,1-4H3. The van der Waals surface area contributed by atoms with Gasteiger partial charge in [-0.3, -0.25) is 0 Å². The van der Waals surface area contributed by atoms with Crippen LogP contribution in [-0.4, -0.2) is 48.3 Å². The Labute approximate surface area is 126 Å². The van der Waals surface area contributed by atoms with E-state index in [0.29, 0.717) is 18.7 Å². The van der Waals surface area contributed by atoms with Gasteiger partial charge in [-0.2, -0.15) is 0 Å². The van der Waals surface area contributed by atoms with Crippen LogP contribution < -0.4 is 5.32 Å². The lowest BCUT2D eigenvalue weighted by atomic mass is 9.76. The quantitative estimate of drug-likeness (QED) is 0.683. The van der Waals surface area contributed by atoms with Crippen LogP contribution in [0.1, 0.15) is 59.8 Å². The van der Waals surface area contributed by atoms with Crippen molar-refractivity contribution in [3.8, 4) is 0 Å². The highest BCUT2D eigenvalue weighted by Crippen LogP contribution is 2.32. The van der Waals surface area contributed by atoms with E-state index in [1.165, 1.54) is 32.2 Å². The Bertz CT molecular complexity index is 245. The first kappa shape index (κ1) is 17.9. The maximum atomic E-state index is 9.08. The van der Waals surface area contributed by atoms with Crippen molar-refractivity contribution in [3.05, 3.63) is 0 Å². The number of hydrogen-bond acceptors (Lipinski definition) is 3. The van der Waals surface area contributed by atoms with Crippen LogP contribution in [0.2, 0.25) is 0 Å². The monoisotopic (exact) mass is 284 g/mol. The lowest BCUT2D eigenvalue weighted by Gasteiger charge is -2.40. The molecule has 0 aliphatic heterocycles. The number of aliphatic hydroxyl groups is 1. The molecule has 1 aliphatic carbocycles. The highest BCUT2D eigenvalue weighted by Gasteiger charge is 2.30. The van der Waals surface area contributed by atoms with Gasteiger partial charge in [-0.15, -0.1) is 0 Å². The number of hydrogen-bond donors (Lipinski definition) is 2. The molecular weight excluding hydrogens is 248 g/mol. The molecule has 0 aromatic rings. The number of nitrogens with zero attached hydrogens (tertiary/aromatic N) is 1. The van der Waals surface area contributed by atoms with Crippen molar-refractivity contribution in [2.24, 2.45) is 11.8 Å². The van der Waals surface area contributed by atoms with Crippen molar-refractivity contribution in [1.29, 1.82) is 0 Å². The van der Waals surface area contributed by atoms with Crippen LogP contribution in [0.5, 0.6) is 0 Å². The molecule has 0 radical (unpaired) electrons. The van der Waals surface area contributed by atoms with Gasteiger partial charge in [-0.05, 0) is 57.9 Å². The fraction of sp³-hybridized carbons (Fsp3) is 1.00. The summed E-state index contributed by atoms with van der Waals surface area (Å²) in [5.74, 6) is 1.69. The fourth-order valence-corrected chi connectivity index (χ4v) is 3.60. The number of nitrogens with one attached hydrogen (secondary N) is 1. The van der Waals surface area contributed by atoms with Crippen LogP contribution in [0.15, 0.2) is 0 Å². The molecule has 1 rings (SSSR count). The van der Waals surface area contributed by atoms with Crippen LogP contribution in [0.25, 0.3) is 0 Å². The molecule has 1 fully saturated rings. The first-order valence-corrected chi connectivity index (χ1v) is 8.70. The van der Waals surface area contributed by atoms with Crippen molar-refractivity contribution in [2.75, 3.05) is 26.2 Å². The zero-order valence-corrected chi connectivity index (χ0v) is 14.1. The van der Waals surface area contributed by atoms with E-state index in [0.717, 1.165) is 31.3 Å². The molecule has 0 aromatic heterocycles. The third-order valence-corrected chi connectivity index (χ3v) is 4.94. The van der Waals surface area contributed by atoms with E-state index in [1.807, 2.05) is 0 Å². The Hall–Kier alpha value is -0.120. The summed E-state index contributed by atoms with van der Waals surface area (Å²) in [6.45, 7) is 12.7. The third kappa shape index (κ3) is 5.71. The van der Waals surface area contributed by atoms with Crippen LogP contribution in [0, 0.1) is 11.8 Å². The lowest BCUT2D eigenvalue weighted by Crippen LogP contribution is -2.47. The predicted octanol–water partition coefficient (Wildman–Crippen LogP) is 2.88. The van der Waals surface area contributed by atoms with E-state index in [-0.39, 0.29) is 0 Å². The Morgan fingerprint density at radius 2 is 2.00 bits per heavy atom. The van der Waals surface area contributed by atoms with Gasteiger partial charge in [-0.1, -0.05) is 20.3 Å². The SMILES string of the molecule is CCNC1CCC(CC)CC1CN(CCCO)C(C)C. The van der Waals surface area contributed by atoms with Crippen molar-refractivity contribution in [1.82, 2.24) is 10.2 Å². The summed E-state index contributed by atoms with van der Waals surface area (Å²) in [5, 5.41) is 12.8. The van der Waals surface area contributed by atoms with Crippen molar-refractivity contribution in [3.63, 3.8) is 0 Å². The van der Waals surface area contributed by atoms with E-state index < -0.39 is 0 Å². The minimum atomic E-state index is 0.308. The zero-order chi connectivity index (χ0) is 15.0. The van der Waals surface area contributed by atoms with Gasteiger partial charge < -0.3 is 15.3 Å². The molecule has 0 saturated heterocycles. The summed E-state index contributed by atoms with van der Waals surface area (Å²) in [6.07, 6.45) is 6.32. The molecule has 20 heavy (non-hydrogen) atoms. The molecule has 2 N–H and O–H groups in total. The molecule has 0 amide bonds. The van der Waals surface area contributed by atoms with E-state index in [9.17, 15) is 0 Å². The van der Waals surface area contributed by atoms with Crippen molar-refractivity contribution < 1.29 is 5.11 Å². The first-order chi connectivity index (χ1) is 9.62. The Morgan fingerprint density at radius 1 is 1.25 bits per heavy atom. The Morgan fingerprint density at radius 3 is 2.55 bits per heavy atom. The molecule has 3 unspecified atom stereocenters. The lowest BCUT2D eigenvalue weighted by molar-refractivity contribution is 0.112. The fourth-order valence-electron chi connectivity index (χ4n) is 3.60. The van der Waals surface area contributed by atoms with E-state index in [1.54, 1.807) is 0 Å². The summed E-state index contributed by atoms with van der Waals surface area (Å²) in [5.41, 5.74) is 0. The first-order valence-electron chi connectivity index (χ1n) is 8.70. The van der Waals surface area contributed by atoms with Gasteiger partial charge in [0.05, 0.1) is 0 Å².